The normalized spacial score (nSPS) is 16.3. The Bertz CT molecular complexity index is 452. The molecule has 0 saturated carbocycles. The van der Waals surface area contributed by atoms with Gasteiger partial charge < -0.3 is 10.2 Å². The highest BCUT2D eigenvalue weighted by atomic mass is 19.1. The van der Waals surface area contributed by atoms with Crippen LogP contribution in [0.1, 0.15) is 11.1 Å². The number of fused-ring (bicyclic) bond motifs is 1. The fourth-order valence-electron chi connectivity index (χ4n) is 1.85. The fourth-order valence-corrected chi connectivity index (χ4v) is 1.85. The molecule has 0 saturated heterocycles. The van der Waals surface area contributed by atoms with Gasteiger partial charge in [0, 0.05) is 6.42 Å². The highest BCUT2D eigenvalue weighted by molar-refractivity contribution is 6.07. The lowest BCUT2D eigenvalue weighted by Gasteiger charge is -2.36. The van der Waals surface area contributed by atoms with Crippen LogP contribution in [0.2, 0.25) is 0 Å². The summed E-state index contributed by atoms with van der Waals surface area (Å²) in [5, 5.41) is 17.8. The standard InChI is InChI=1S/C10H7FO4/c11-6-2-1-5-4-10(8(12)13,9(14)15)7(5)3-6/h1-3H,4H2,(H,12,13)(H,14,15). The van der Waals surface area contributed by atoms with Gasteiger partial charge >= 0.3 is 11.9 Å². The minimum Gasteiger partial charge on any atom is -0.480 e. The number of halogens is 1. The minimum atomic E-state index is -1.96. The Labute approximate surface area is 84.0 Å². The van der Waals surface area contributed by atoms with Crippen molar-refractivity contribution in [1.82, 2.24) is 0 Å². The largest absolute Gasteiger partial charge is 0.480 e. The molecule has 0 bridgehead atoms. The van der Waals surface area contributed by atoms with Gasteiger partial charge in [0.05, 0.1) is 0 Å². The Morgan fingerprint density at radius 1 is 1.27 bits per heavy atom. The predicted octanol–water partition coefficient (Wildman–Crippen LogP) is 0.789. The van der Waals surface area contributed by atoms with Crippen LogP contribution in [-0.2, 0) is 21.4 Å². The minimum absolute atomic E-state index is 0.0440. The van der Waals surface area contributed by atoms with Crippen LogP contribution < -0.4 is 0 Å². The maximum absolute atomic E-state index is 12.9. The van der Waals surface area contributed by atoms with Crippen LogP contribution in [0.15, 0.2) is 18.2 Å². The van der Waals surface area contributed by atoms with Crippen LogP contribution in [0, 0.1) is 5.82 Å². The number of carbonyl (C=O) groups is 2. The summed E-state index contributed by atoms with van der Waals surface area (Å²) in [5.74, 6) is -3.53. The lowest BCUT2D eigenvalue weighted by atomic mass is 9.64. The maximum atomic E-state index is 12.9. The molecular weight excluding hydrogens is 203 g/mol. The molecule has 0 aromatic heterocycles. The number of benzene rings is 1. The summed E-state index contributed by atoms with van der Waals surface area (Å²) in [6, 6.07) is 3.57. The molecule has 78 valence electrons. The number of hydrogen-bond donors (Lipinski definition) is 2. The SMILES string of the molecule is O=C(O)C1(C(=O)O)Cc2ccc(F)cc21. The van der Waals surface area contributed by atoms with Crippen molar-refractivity contribution in [3.05, 3.63) is 35.1 Å². The van der Waals surface area contributed by atoms with Crippen molar-refractivity contribution in [3.63, 3.8) is 0 Å². The van der Waals surface area contributed by atoms with E-state index in [4.69, 9.17) is 10.2 Å². The van der Waals surface area contributed by atoms with Crippen molar-refractivity contribution < 1.29 is 24.2 Å². The summed E-state index contributed by atoms with van der Waals surface area (Å²) >= 11 is 0. The van der Waals surface area contributed by atoms with E-state index in [0.29, 0.717) is 5.56 Å². The first-order valence-electron chi connectivity index (χ1n) is 4.24. The molecule has 2 rings (SSSR count). The highest BCUT2D eigenvalue weighted by Crippen LogP contribution is 2.42. The van der Waals surface area contributed by atoms with Crippen LogP contribution in [0.4, 0.5) is 4.39 Å². The number of rotatable bonds is 2. The monoisotopic (exact) mass is 210 g/mol. The van der Waals surface area contributed by atoms with Crippen molar-refractivity contribution in [1.29, 1.82) is 0 Å². The summed E-state index contributed by atoms with van der Waals surface area (Å²) < 4.78 is 12.9. The third-order valence-electron chi connectivity index (χ3n) is 2.72. The van der Waals surface area contributed by atoms with Crippen molar-refractivity contribution in [2.75, 3.05) is 0 Å². The Morgan fingerprint density at radius 2 is 1.87 bits per heavy atom. The first-order chi connectivity index (χ1) is 6.98. The van der Waals surface area contributed by atoms with Gasteiger partial charge in [-0.1, -0.05) is 6.07 Å². The average molecular weight is 210 g/mol. The van der Waals surface area contributed by atoms with E-state index in [-0.39, 0.29) is 12.0 Å². The lowest BCUT2D eigenvalue weighted by Crippen LogP contribution is -2.52. The zero-order valence-corrected chi connectivity index (χ0v) is 7.53. The molecule has 0 amide bonds. The molecule has 5 heteroatoms. The maximum Gasteiger partial charge on any atom is 0.325 e. The highest BCUT2D eigenvalue weighted by Gasteiger charge is 2.56. The van der Waals surface area contributed by atoms with Gasteiger partial charge in [0.25, 0.3) is 0 Å². The Morgan fingerprint density at radius 3 is 2.40 bits per heavy atom. The molecule has 0 radical (unpaired) electrons. The summed E-state index contributed by atoms with van der Waals surface area (Å²) in [7, 11) is 0. The molecule has 1 aliphatic carbocycles. The van der Waals surface area contributed by atoms with Gasteiger partial charge in [-0.3, -0.25) is 9.59 Å². The average Bonchev–Trinajstić information content (AvgIpc) is 2.10. The van der Waals surface area contributed by atoms with Gasteiger partial charge in [-0.2, -0.15) is 0 Å². The topological polar surface area (TPSA) is 74.6 Å². The van der Waals surface area contributed by atoms with Gasteiger partial charge in [0.15, 0.2) is 5.41 Å². The summed E-state index contributed by atoms with van der Waals surface area (Å²) in [4.78, 5) is 21.8. The van der Waals surface area contributed by atoms with Crippen LogP contribution in [0.25, 0.3) is 0 Å². The summed E-state index contributed by atoms with van der Waals surface area (Å²) in [6.45, 7) is 0. The molecule has 2 N–H and O–H groups in total. The number of hydrogen-bond acceptors (Lipinski definition) is 2. The second-order valence-corrected chi connectivity index (χ2v) is 3.49. The molecule has 0 spiro atoms. The summed E-state index contributed by atoms with van der Waals surface area (Å²) in [6.07, 6.45) is -0.0900. The molecule has 0 heterocycles. The van der Waals surface area contributed by atoms with E-state index in [1.165, 1.54) is 12.1 Å². The molecule has 1 aliphatic rings. The smallest absolute Gasteiger partial charge is 0.325 e. The van der Waals surface area contributed by atoms with Gasteiger partial charge in [-0.05, 0) is 23.3 Å². The summed E-state index contributed by atoms with van der Waals surface area (Å²) in [5.41, 5.74) is -1.35. The molecular formula is C10H7FO4. The van der Waals surface area contributed by atoms with Crippen LogP contribution in [0.3, 0.4) is 0 Å². The third-order valence-corrected chi connectivity index (χ3v) is 2.72. The van der Waals surface area contributed by atoms with Gasteiger partial charge in [0.1, 0.15) is 5.82 Å². The van der Waals surface area contributed by atoms with Crippen LogP contribution in [0.5, 0.6) is 0 Å². The number of carboxylic acids is 2. The molecule has 1 aromatic rings. The van der Waals surface area contributed by atoms with Crippen molar-refractivity contribution >= 4 is 11.9 Å². The molecule has 0 fully saturated rings. The second kappa shape index (κ2) is 2.79. The third kappa shape index (κ3) is 1.06. The van der Waals surface area contributed by atoms with E-state index in [1.807, 2.05) is 0 Å². The first-order valence-corrected chi connectivity index (χ1v) is 4.24. The predicted molar refractivity (Wildman–Crippen MR) is 47.1 cm³/mol. The van der Waals surface area contributed by atoms with E-state index in [9.17, 15) is 14.0 Å². The second-order valence-electron chi connectivity index (χ2n) is 3.49. The number of aliphatic carboxylic acids is 2. The van der Waals surface area contributed by atoms with Gasteiger partial charge in [-0.15, -0.1) is 0 Å². The van der Waals surface area contributed by atoms with Gasteiger partial charge in [0.2, 0.25) is 0 Å². The van der Waals surface area contributed by atoms with E-state index in [1.54, 1.807) is 0 Å². The molecule has 4 nitrogen and oxygen atoms in total. The zero-order valence-electron chi connectivity index (χ0n) is 7.53. The number of carboxylic acid groups (broad SMARTS) is 2. The molecule has 1 aromatic carbocycles. The zero-order chi connectivity index (χ0) is 11.2. The van der Waals surface area contributed by atoms with Crippen LogP contribution in [-0.4, -0.2) is 22.2 Å². The Kier molecular flexibility index (Phi) is 1.79. The van der Waals surface area contributed by atoms with Crippen LogP contribution >= 0.6 is 0 Å². The van der Waals surface area contributed by atoms with Gasteiger partial charge in [-0.25, -0.2) is 4.39 Å². The first kappa shape index (κ1) is 9.64. The van der Waals surface area contributed by atoms with E-state index in [2.05, 4.69) is 0 Å². The van der Waals surface area contributed by atoms with E-state index >= 15 is 0 Å². The van der Waals surface area contributed by atoms with E-state index in [0.717, 1.165) is 6.07 Å². The lowest BCUT2D eigenvalue weighted by molar-refractivity contribution is -0.159. The Balaban J connectivity index is 2.59. The molecule has 15 heavy (non-hydrogen) atoms. The quantitative estimate of drug-likeness (QED) is 0.707. The molecule has 0 atom stereocenters. The molecule has 0 unspecified atom stereocenters. The van der Waals surface area contributed by atoms with Crippen molar-refractivity contribution in [2.45, 2.75) is 11.8 Å². The molecule has 0 aliphatic heterocycles. The fraction of sp³-hybridized carbons (Fsp3) is 0.200. The van der Waals surface area contributed by atoms with Crippen molar-refractivity contribution in [2.24, 2.45) is 0 Å². The van der Waals surface area contributed by atoms with E-state index < -0.39 is 23.2 Å². The Hall–Kier alpha value is -1.91. The van der Waals surface area contributed by atoms with Crippen molar-refractivity contribution in [3.8, 4) is 0 Å².